The SMILES string of the molecule is O=[N+]([O-])c1ccccc1CN1CCN(S(=O)(=O)/C=C/c2ccccc2)CC1. The Bertz CT molecular complexity index is 921. The molecule has 1 fully saturated rings. The number of sulfonamides is 1. The molecule has 0 atom stereocenters. The molecule has 1 saturated heterocycles. The zero-order valence-electron chi connectivity index (χ0n) is 14.8. The summed E-state index contributed by atoms with van der Waals surface area (Å²) in [6, 6.07) is 15.9. The molecule has 0 amide bonds. The normalized spacial score (nSPS) is 16.6. The van der Waals surface area contributed by atoms with Crippen LogP contribution in [0.4, 0.5) is 5.69 Å². The highest BCUT2D eigenvalue weighted by Gasteiger charge is 2.26. The first-order valence-electron chi connectivity index (χ1n) is 8.64. The molecule has 8 heteroatoms. The van der Waals surface area contributed by atoms with Gasteiger partial charge >= 0.3 is 0 Å². The van der Waals surface area contributed by atoms with Gasteiger partial charge < -0.3 is 0 Å². The first-order valence-corrected chi connectivity index (χ1v) is 10.1. The number of nitro groups is 1. The molecule has 0 saturated carbocycles. The predicted molar refractivity (Wildman–Crippen MR) is 104 cm³/mol. The third-order valence-electron chi connectivity index (χ3n) is 4.51. The van der Waals surface area contributed by atoms with Crippen LogP contribution in [0, 0.1) is 10.1 Å². The van der Waals surface area contributed by atoms with Gasteiger partial charge in [-0.15, -0.1) is 0 Å². The Hall–Kier alpha value is -2.55. The summed E-state index contributed by atoms with van der Waals surface area (Å²) < 4.78 is 26.4. The molecule has 27 heavy (non-hydrogen) atoms. The number of piperazine rings is 1. The van der Waals surface area contributed by atoms with Gasteiger partial charge in [-0.25, -0.2) is 8.42 Å². The van der Waals surface area contributed by atoms with Gasteiger partial charge in [-0.05, 0) is 11.6 Å². The van der Waals surface area contributed by atoms with Crippen LogP contribution in [0.3, 0.4) is 0 Å². The molecule has 0 radical (unpaired) electrons. The summed E-state index contributed by atoms with van der Waals surface area (Å²) in [5.74, 6) is 0. The maximum absolute atomic E-state index is 12.5. The van der Waals surface area contributed by atoms with Gasteiger partial charge in [-0.2, -0.15) is 4.31 Å². The Morgan fingerprint density at radius 2 is 1.59 bits per heavy atom. The van der Waals surface area contributed by atoms with E-state index in [1.807, 2.05) is 35.2 Å². The first-order chi connectivity index (χ1) is 13.0. The summed E-state index contributed by atoms with van der Waals surface area (Å²) in [5, 5.41) is 12.4. The van der Waals surface area contributed by atoms with E-state index in [2.05, 4.69) is 0 Å². The van der Waals surface area contributed by atoms with Crippen molar-refractivity contribution in [2.75, 3.05) is 26.2 Å². The predicted octanol–water partition coefficient (Wildman–Crippen LogP) is 2.71. The van der Waals surface area contributed by atoms with Crippen molar-refractivity contribution in [3.63, 3.8) is 0 Å². The molecule has 1 aliphatic rings. The summed E-state index contributed by atoms with van der Waals surface area (Å²) in [6.07, 6.45) is 1.59. The van der Waals surface area contributed by atoms with Crippen molar-refractivity contribution >= 4 is 21.8 Å². The van der Waals surface area contributed by atoms with Crippen molar-refractivity contribution in [3.8, 4) is 0 Å². The molecule has 0 aliphatic carbocycles. The highest BCUT2D eigenvalue weighted by molar-refractivity contribution is 7.92. The van der Waals surface area contributed by atoms with Crippen molar-refractivity contribution in [2.24, 2.45) is 0 Å². The molecule has 2 aromatic carbocycles. The van der Waals surface area contributed by atoms with Gasteiger partial charge in [-0.1, -0.05) is 48.5 Å². The first kappa shape index (κ1) is 19.2. The standard InChI is InChI=1S/C19H21N3O4S/c23-22(24)19-9-5-4-8-18(19)16-20-11-13-21(14-12-20)27(25,26)15-10-17-6-2-1-3-7-17/h1-10,15H,11-14,16H2/b15-10+. The minimum Gasteiger partial charge on any atom is -0.296 e. The molecule has 142 valence electrons. The maximum atomic E-state index is 12.5. The van der Waals surface area contributed by atoms with Crippen molar-refractivity contribution in [1.29, 1.82) is 0 Å². The summed E-state index contributed by atoms with van der Waals surface area (Å²) >= 11 is 0. The van der Waals surface area contributed by atoms with Gasteiger partial charge in [0.25, 0.3) is 5.69 Å². The lowest BCUT2D eigenvalue weighted by atomic mass is 10.1. The highest BCUT2D eigenvalue weighted by Crippen LogP contribution is 2.21. The molecular formula is C19H21N3O4S. The van der Waals surface area contributed by atoms with Crippen molar-refractivity contribution in [2.45, 2.75) is 6.54 Å². The highest BCUT2D eigenvalue weighted by atomic mass is 32.2. The fourth-order valence-corrected chi connectivity index (χ4v) is 4.19. The Labute approximate surface area is 158 Å². The van der Waals surface area contributed by atoms with E-state index in [4.69, 9.17) is 0 Å². The Balaban J connectivity index is 1.60. The lowest BCUT2D eigenvalue weighted by Gasteiger charge is -2.33. The van der Waals surface area contributed by atoms with E-state index in [9.17, 15) is 18.5 Å². The molecule has 0 bridgehead atoms. The third-order valence-corrected chi connectivity index (χ3v) is 6.07. The molecule has 3 rings (SSSR count). The topological polar surface area (TPSA) is 83.8 Å². The Morgan fingerprint density at radius 3 is 2.26 bits per heavy atom. The third kappa shape index (κ3) is 5.00. The average molecular weight is 387 g/mol. The molecule has 2 aromatic rings. The zero-order valence-corrected chi connectivity index (χ0v) is 15.6. The van der Waals surface area contributed by atoms with Crippen LogP contribution in [-0.2, 0) is 16.6 Å². The van der Waals surface area contributed by atoms with Gasteiger partial charge in [0, 0.05) is 49.8 Å². The second-order valence-electron chi connectivity index (χ2n) is 6.32. The van der Waals surface area contributed by atoms with E-state index in [0.29, 0.717) is 38.3 Å². The quantitative estimate of drug-likeness (QED) is 0.562. The molecule has 1 heterocycles. The van der Waals surface area contributed by atoms with Crippen molar-refractivity contribution in [3.05, 3.63) is 81.2 Å². The number of hydrogen-bond acceptors (Lipinski definition) is 5. The van der Waals surface area contributed by atoms with E-state index < -0.39 is 10.0 Å². The fourth-order valence-electron chi connectivity index (χ4n) is 3.02. The average Bonchev–Trinajstić information content (AvgIpc) is 2.68. The smallest absolute Gasteiger partial charge is 0.273 e. The number of nitrogens with zero attached hydrogens (tertiary/aromatic N) is 3. The number of nitro benzene ring substituents is 1. The lowest BCUT2D eigenvalue weighted by molar-refractivity contribution is -0.385. The Morgan fingerprint density at radius 1 is 0.963 bits per heavy atom. The van der Waals surface area contributed by atoms with Crippen LogP contribution >= 0.6 is 0 Å². The fraction of sp³-hybridized carbons (Fsp3) is 0.263. The monoisotopic (exact) mass is 387 g/mol. The van der Waals surface area contributed by atoms with Gasteiger partial charge in [-0.3, -0.25) is 15.0 Å². The van der Waals surface area contributed by atoms with Crippen LogP contribution in [0.15, 0.2) is 60.0 Å². The molecule has 0 aromatic heterocycles. The van der Waals surface area contributed by atoms with Crippen LogP contribution in [-0.4, -0.2) is 48.7 Å². The van der Waals surface area contributed by atoms with Crippen molar-refractivity contribution < 1.29 is 13.3 Å². The van der Waals surface area contributed by atoms with Crippen LogP contribution in [0.25, 0.3) is 6.08 Å². The zero-order chi connectivity index (χ0) is 19.3. The van der Waals surface area contributed by atoms with E-state index >= 15 is 0 Å². The number of rotatable bonds is 6. The number of hydrogen-bond donors (Lipinski definition) is 0. The van der Waals surface area contributed by atoms with E-state index in [1.54, 1.807) is 24.3 Å². The second kappa shape index (κ2) is 8.43. The molecule has 0 spiro atoms. The molecule has 1 aliphatic heterocycles. The second-order valence-corrected chi connectivity index (χ2v) is 8.14. The largest absolute Gasteiger partial charge is 0.296 e. The number of para-hydroxylation sites is 1. The Kier molecular flexibility index (Phi) is 6.00. The van der Waals surface area contributed by atoms with Gasteiger partial charge in [0.05, 0.1) is 4.92 Å². The number of benzene rings is 2. The molecule has 0 unspecified atom stereocenters. The minimum absolute atomic E-state index is 0.0957. The van der Waals surface area contributed by atoms with E-state index in [0.717, 1.165) is 5.56 Å². The summed E-state index contributed by atoms with van der Waals surface area (Å²) in [4.78, 5) is 12.8. The summed E-state index contributed by atoms with van der Waals surface area (Å²) in [6.45, 7) is 2.23. The molecule has 0 N–H and O–H groups in total. The van der Waals surface area contributed by atoms with Crippen LogP contribution in [0.2, 0.25) is 0 Å². The molecular weight excluding hydrogens is 366 g/mol. The van der Waals surface area contributed by atoms with E-state index in [1.165, 1.54) is 15.8 Å². The van der Waals surface area contributed by atoms with E-state index in [-0.39, 0.29) is 10.6 Å². The summed E-state index contributed by atoms with van der Waals surface area (Å²) in [7, 11) is -3.48. The van der Waals surface area contributed by atoms with Gasteiger partial charge in [0.2, 0.25) is 10.0 Å². The van der Waals surface area contributed by atoms with Crippen LogP contribution in [0.5, 0.6) is 0 Å². The minimum atomic E-state index is -3.48. The lowest BCUT2D eigenvalue weighted by Crippen LogP contribution is -2.47. The maximum Gasteiger partial charge on any atom is 0.273 e. The van der Waals surface area contributed by atoms with Crippen molar-refractivity contribution in [1.82, 2.24) is 9.21 Å². The van der Waals surface area contributed by atoms with Crippen LogP contribution in [0.1, 0.15) is 11.1 Å². The summed E-state index contributed by atoms with van der Waals surface area (Å²) in [5.41, 5.74) is 1.57. The van der Waals surface area contributed by atoms with Crippen LogP contribution < -0.4 is 0 Å². The van der Waals surface area contributed by atoms with Gasteiger partial charge in [0.1, 0.15) is 0 Å². The van der Waals surface area contributed by atoms with Gasteiger partial charge in [0.15, 0.2) is 0 Å². The molecule has 7 nitrogen and oxygen atoms in total.